The normalized spacial score (nSPS) is 18.0. The fraction of sp³-hybridized carbons (Fsp3) is 0.423. The first kappa shape index (κ1) is 21.6. The van der Waals surface area contributed by atoms with Crippen molar-refractivity contribution in [2.45, 2.75) is 57.2 Å². The number of carbonyl (C=O) groups is 3. The fourth-order valence-corrected chi connectivity index (χ4v) is 4.34. The third-order valence-electron chi connectivity index (χ3n) is 6.47. The summed E-state index contributed by atoms with van der Waals surface area (Å²) in [6.45, 7) is 1.64. The molecule has 0 radical (unpaired) electrons. The van der Waals surface area contributed by atoms with E-state index >= 15 is 0 Å². The molecule has 3 fully saturated rings. The lowest BCUT2D eigenvalue weighted by molar-refractivity contribution is -0.118. The van der Waals surface area contributed by atoms with Crippen molar-refractivity contribution in [1.29, 1.82) is 0 Å². The molecular weight excluding hydrogens is 416 g/mol. The van der Waals surface area contributed by atoms with Crippen molar-refractivity contribution in [3.63, 3.8) is 0 Å². The average Bonchev–Trinajstić information content (AvgIpc) is 3.74. The molecule has 3 amide bonds. The van der Waals surface area contributed by atoms with Gasteiger partial charge in [-0.25, -0.2) is 0 Å². The molecule has 3 aliphatic rings. The molecule has 1 aliphatic heterocycles. The highest BCUT2D eigenvalue weighted by molar-refractivity contribution is 6.02. The van der Waals surface area contributed by atoms with E-state index in [4.69, 9.17) is 0 Å². The highest BCUT2D eigenvalue weighted by Gasteiger charge is 2.31. The van der Waals surface area contributed by atoms with Crippen LogP contribution in [0.2, 0.25) is 0 Å². The van der Waals surface area contributed by atoms with Gasteiger partial charge < -0.3 is 15.5 Å². The van der Waals surface area contributed by atoms with Gasteiger partial charge in [0, 0.05) is 37.2 Å². The Hall–Kier alpha value is -3.19. The van der Waals surface area contributed by atoms with Gasteiger partial charge in [-0.2, -0.15) is 0 Å². The molecule has 0 bridgehead atoms. The molecule has 2 saturated carbocycles. The number of rotatable bonds is 9. The zero-order valence-electron chi connectivity index (χ0n) is 18.8. The van der Waals surface area contributed by atoms with Crippen molar-refractivity contribution in [2.75, 3.05) is 23.3 Å². The summed E-state index contributed by atoms with van der Waals surface area (Å²) in [5.74, 6) is 0.00428. The summed E-state index contributed by atoms with van der Waals surface area (Å²) in [6.07, 6.45) is 5.72. The van der Waals surface area contributed by atoms with Gasteiger partial charge in [0.05, 0.1) is 17.9 Å². The summed E-state index contributed by atoms with van der Waals surface area (Å²) < 4.78 is 0. The van der Waals surface area contributed by atoms with Crippen LogP contribution in [0.3, 0.4) is 0 Å². The first-order valence-electron chi connectivity index (χ1n) is 11.9. The van der Waals surface area contributed by atoms with Crippen LogP contribution in [0.5, 0.6) is 0 Å². The quantitative estimate of drug-likeness (QED) is 0.619. The van der Waals surface area contributed by atoms with Crippen molar-refractivity contribution >= 4 is 29.1 Å². The van der Waals surface area contributed by atoms with E-state index < -0.39 is 0 Å². The molecule has 172 valence electrons. The van der Waals surface area contributed by atoms with E-state index in [1.807, 2.05) is 48.5 Å². The molecule has 1 heterocycles. The number of hydrogen-bond acceptors (Lipinski definition) is 4. The molecule has 7 heteroatoms. The molecule has 0 aromatic heterocycles. The topological polar surface area (TPSA) is 81.8 Å². The second-order valence-electron chi connectivity index (χ2n) is 9.30. The van der Waals surface area contributed by atoms with Crippen LogP contribution in [0.4, 0.5) is 11.4 Å². The number of amides is 3. The molecule has 0 unspecified atom stereocenters. The van der Waals surface area contributed by atoms with Crippen molar-refractivity contribution in [1.82, 2.24) is 10.2 Å². The first-order valence-corrected chi connectivity index (χ1v) is 11.9. The second-order valence-corrected chi connectivity index (χ2v) is 9.30. The lowest BCUT2D eigenvalue weighted by Crippen LogP contribution is -2.35. The van der Waals surface area contributed by atoms with Gasteiger partial charge in [-0.05, 0) is 61.9 Å². The SMILES string of the molecule is O=C(CN(Cc1ccc(C(=O)NC2CC2)cc1)C1CC1)Nc1ccccc1N1CCCC1=O. The predicted molar refractivity (Wildman–Crippen MR) is 127 cm³/mol. The molecule has 5 rings (SSSR count). The van der Waals surface area contributed by atoms with Crippen LogP contribution in [-0.2, 0) is 16.1 Å². The monoisotopic (exact) mass is 446 g/mol. The lowest BCUT2D eigenvalue weighted by atomic mass is 10.1. The largest absolute Gasteiger partial charge is 0.349 e. The van der Waals surface area contributed by atoms with Gasteiger partial charge in [0.25, 0.3) is 5.91 Å². The molecule has 2 aromatic carbocycles. The Labute approximate surface area is 194 Å². The summed E-state index contributed by atoms with van der Waals surface area (Å²) in [6, 6.07) is 15.9. The molecule has 2 aliphatic carbocycles. The Balaban J connectivity index is 1.21. The maximum atomic E-state index is 12.9. The molecule has 33 heavy (non-hydrogen) atoms. The van der Waals surface area contributed by atoms with Crippen LogP contribution in [0.25, 0.3) is 0 Å². The van der Waals surface area contributed by atoms with Gasteiger partial charge in [0.1, 0.15) is 0 Å². The highest BCUT2D eigenvalue weighted by Crippen LogP contribution is 2.31. The maximum absolute atomic E-state index is 12.9. The minimum absolute atomic E-state index is 0.0161. The van der Waals surface area contributed by atoms with E-state index in [-0.39, 0.29) is 24.3 Å². The Morgan fingerprint density at radius 2 is 1.76 bits per heavy atom. The minimum Gasteiger partial charge on any atom is -0.349 e. The van der Waals surface area contributed by atoms with Crippen LogP contribution in [0.1, 0.15) is 54.4 Å². The second kappa shape index (κ2) is 9.35. The van der Waals surface area contributed by atoms with Crippen molar-refractivity contribution < 1.29 is 14.4 Å². The van der Waals surface area contributed by atoms with E-state index in [0.717, 1.165) is 43.4 Å². The summed E-state index contributed by atoms with van der Waals surface area (Å²) in [5, 5.41) is 6.04. The van der Waals surface area contributed by atoms with Crippen LogP contribution in [0.15, 0.2) is 48.5 Å². The Morgan fingerprint density at radius 3 is 2.42 bits per heavy atom. The molecule has 1 saturated heterocycles. The van der Waals surface area contributed by atoms with Gasteiger partial charge >= 0.3 is 0 Å². The first-order chi connectivity index (χ1) is 16.1. The predicted octanol–water partition coefficient (Wildman–Crippen LogP) is 3.31. The number of hydrogen-bond donors (Lipinski definition) is 2. The molecule has 2 N–H and O–H groups in total. The van der Waals surface area contributed by atoms with Gasteiger partial charge in [-0.1, -0.05) is 24.3 Å². The van der Waals surface area contributed by atoms with Crippen LogP contribution >= 0.6 is 0 Å². The lowest BCUT2D eigenvalue weighted by Gasteiger charge is -2.23. The van der Waals surface area contributed by atoms with E-state index in [0.29, 0.717) is 42.8 Å². The third-order valence-corrected chi connectivity index (χ3v) is 6.47. The van der Waals surface area contributed by atoms with E-state index in [1.165, 1.54) is 0 Å². The number of anilines is 2. The van der Waals surface area contributed by atoms with Gasteiger partial charge in [-0.15, -0.1) is 0 Å². The summed E-state index contributed by atoms with van der Waals surface area (Å²) in [5.41, 5.74) is 3.21. The van der Waals surface area contributed by atoms with Crippen molar-refractivity contribution in [3.05, 3.63) is 59.7 Å². The molecule has 7 nitrogen and oxygen atoms in total. The van der Waals surface area contributed by atoms with Gasteiger partial charge in [0.15, 0.2) is 0 Å². The molecule has 2 aromatic rings. The number of nitrogens with zero attached hydrogens (tertiary/aromatic N) is 2. The summed E-state index contributed by atoms with van der Waals surface area (Å²) >= 11 is 0. The summed E-state index contributed by atoms with van der Waals surface area (Å²) in [7, 11) is 0. The van der Waals surface area contributed by atoms with Crippen molar-refractivity contribution in [3.8, 4) is 0 Å². The van der Waals surface area contributed by atoms with Crippen LogP contribution < -0.4 is 15.5 Å². The maximum Gasteiger partial charge on any atom is 0.251 e. The standard InChI is InChI=1S/C26H30N4O3/c31-24(28-22-4-1-2-5-23(22)30-15-3-6-25(30)32)17-29(21-13-14-21)16-18-7-9-19(10-8-18)26(33)27-20-11-12-20/h1-2,4-5,7-10,20-21H,3,6,11-17H2,(H,27,33)(H,28,31). The molecule has 0 atom stereocenters. The average molecular weight is 447 g/mol. The van der Waals surface area contributed by atoms with Crippen molar-refractivity contribution in [2.24, 2.45) is 0 Å². The van der Waals surface area contributed by atoms with Crippen LogP contribution in [0, 0.1) is 0 Å². The Morgan fingerprint density at radius 1 is 1.00 bits per heavy atom. The highest BCUT2D eigenvalue weighted by atomic mass is 16.2. The van der Waals surface area contributed by atoms with Crippen LogP contribution in [-0.4, -0.2) is 47.8 Å². The minimum atomic E-state index is -0.0820. The van der Waals surface area contributed by atoms with Gasteiger partial charge in [-0.3, -0.25) is 19.3 Å². The molecule has 0 spiro atoms. The third kappa shape index (κ3) is 5.42. The Bertz CT molecular complexity index is 1040. The fourth-order valence-electron chi connectivity index (χ4n) is 4.34. The number of nitrogens with one attached hydrogen (secondary N) is 2. The van der Waals surface area contributed by atoms with Gasteiger partial charge in [0.2, 0.25) is 11.8 Å². The van der Waals surface area contributed by atoms with E-state index in [2.05, 4.69) is 15.5 Å². The van der Waals surface area contributed by atoms with E-state index in [1.54, 1.807) is 4.90 Å². The van der Waals surface area contributed by atoms with E-state index in [9.17, 15) is 14.4 Å². The number of benzene rings is 2. The smallest absolute Gasteiger partial charge is 0.251 e. The Kier molecular flexibility index (Phi) is 6.13. The number of carbonyl (C=O) groups excluding carboxylic acids is 3. The number of para-hydroxylation sites is 2. The zero-order valence-corrected chi connectivity index (χ0v) is 18.8. The zero-order chi connectivity index (χ0) is 22.8. The summed E-state index contributed by atoms with van der Waals surface area (Å²) in [4.78, 5) is 41.3. The molecular formula is C26H30N4O3.